The number of anilines is 2. The Labute approximate surface area is 225 Å². The van der Waals surface area contributed by atoms with Crippen molar-refractivity contribution in [3.05, 3.63) is 82.8 Å². The average molecular weight is 590 g/mol. The number of rotatable bonds is 12. The average Bonchev–Trinajstić information content (AvgIpc) is 2.88. The van der Waals surface area contributed by atoms with E-state index in [0.717, 1.165) is 8.78 Å². The zero-order valence-electron chi connectivity index (χ0n) is 20.4. The van der Waals surface area contributed by atoms with E-state index in [-0.39, 0.29) is 27.7 Å². The molecular formula is C26H28BrN3O6S. The highest BCUT2D eigenvalue weighted by molar-refractivity contribution is 9.10. The molecule has 11 heteroatoms. The molecule has 2 amide bonds. The van der Waals surface area contributed by atoms with Crippen LogP contribution in [0.1, 0.15) is 17.3 Å². The van der Waals surface area contributed by atoms with Gasteiger partial charge in [-0.25, -0.2) is 8.42 Å². The van der Waals surface area contributed by atoms with Gasteiger partial charge in [0.1, 0.15) is 12.3 Å². The normalized spacial score (nSPS) is 11.0. The molecule has 0 aliphatic heterocycles. The van der Waals surface area contributed by atoms with Crippen LogP contribution >= 0.6 is 15.9 Å². The van der Waals surface area contributed by atoms with Gasteiger partial charge in [-0.2, -0.15) is 0 Å². The second-order valence-electron chi connectivity index (χ2n) is 7.73. The molecule has 0 fully saturated rings. The third kappa shape index (κ3) is 7.54. The van der Waals surface area contributed by atoms with E-state index in [1.165, 1.54) is 19.2 Å². The number of halogens is 1. The molecule has 0 aliphatic rings. The van der Waals surface area contributed by atoms with Crippen molar-refractivity contribution in [1.82, 2.24) is 5.32 Å². The molecule has 0 atom stereocenters. The number of ether oxygens (including phenoxy) is 2. The number of benzene rings is 3. The maximum absolute atomic E-state index is 13.6. The molecule has 196 valence electrons. The summed E-state index contributed by atoms with van der Waals surface area (Å²) in [4.78, 5) is 25.7. The molecule has 0 spiro atoms. The Morgan fingerprint density at radius 3 is 2.30 bits per heavy atom. The Morgan fingerprint density at radius 2 is 1.65 bits per heavy atom. The summed E-state index contributed by atoms with van der Waals surface area (Å²) in [5.74, 6) is -0.435. The number of nitrogens with one attached hydrogen (secondary N) is 2. The highest BCUT2D eigenvalue weighted by Crippen LogP contribution is 2.27. The number of hydrogen-bond acceptors (Lipinski definition) is 6. The third-order valence-corrected chi connectivity index (χ3v) is 7.48. The highest BCUT2D eigenvalue weighted by atomic mass is 79.9. The van der Waals surface area contributed by atoms with Gasteiger partial charge in [0.25, 0.3) is 15.9 Å². The first-order chi connectivity index (χ1) is 17.8. The fourth-order valence-corrected chi connectivity index (χ4v) is 5.08. The number of carbonyl (C=O) groups is 2. The minimum Gasteiger partial charge on any atom is -0.494 e. The van der Waals surface area contributed by atoms with E-state index in [4.69, 9.17) is 9.47 Å². The van der Waals surface area contributed by atoms with E-state index in [0.29, 0.717) is 25.5 Å². The summed E-state index contributed by atoms with van der Waals surface area (Å²) in [5, 5.41) is 5.39. The number of carbonyl (C=O) groups excluding carboxylic acids is 2. The van der Waals surface area contributed by atoms with Crippen molar-refractivity contribution >= 4 is 49.1 Å². The summed E-state index contributed by atoms with van der Waals surface area (Å²) >= 11 is 3.31. The molecule has 3 aromatic rings. The molecule has 37 heavy (non-hydrogen) atoms. The van der Waals surface area contributed by atoms with Crippen LogP contribution in [0, 0.1) is 0 Å². The molecule has 0 aliphatic carbocycles. The summed E-state index contributed by atoms with van der Waals surface area (Å²) in [5.41, 5.74) is 0.789. The van der Waals surface area contributed by atoms with Crippen LogP contribution in [0.5, 0.6) is 5.75 Å². The first-order valence-electron chi connectivity index (χ1n) is 11.4. The highest BCUT2D eigenvalue weighted by Gasteiger charge is 2.28. The van der Waals surface area contributed by atoms with Gasteiger partial charge in [-0.05, 0) is 67.6 Å². The van der Waals surface area contributed by atoms with Crippen molar-refractivity contribution in [2.24, 2.45) is 0 Å². The zero-order valence-corrected chi connectivity index (χ0v) is 22.8. The van der Waals surface area contributed by atoms with Gasteiger partial charge in [-0.1, -0.05) is 28.1 Å². The molecule has 0 saturated heterocycles. The second-order valence-corrected chi connectivity index (χ2v) is 10.5. The van der Waals surface area contributed by atoms with Crippen molar-refractivity contribution in [3.8, 4) is 5.75 Å². The van der Waals surface area contributed by atoms with Crippen LogP contribution < -0.4 is 19.7 Å². The van der Waals surface area contributed by atoms with Gasteiger partial charge < -0.3 is 20.1 Å². The first-order valence-corrected chi connectivity index (χ1v) is 13.7. The van der Waals surface area contributed by atoms with E-state index in [9.17, 15) is 18.0 Å². The molecular weight excluding hydrogens is 562 g/mol. The van der Waals surface area contributed by atoms with Crippen LogP contribution in [-0.4, -0.2) is 53.6 Å². The van der Waals surface area contributed by atoms with Gasteiger partial charge >= 0.3 is 0 Å². The van der Waals surface area contributed by atoms with E-state index >= 15 is 0 Å². The Hall–Kier alpha value is -3.41. The van der Waals surface area contributed by atoms with Crippen molar-refractivity contribution in [2.75, 3.05) is 43.0 Å². The summed E-state index contributed by atoms with van der Waals surface area (Å²) in [7, 11) is -2.58. The Balaban J connectivity index is 1.89. The summed E-state index contributed by atoms with van der Waals surface area (Å²) in [6.07, 6.45) is 0. The lowest BCUT2D eigenvalue weighted by molar-refractivity contribution is -0.114. The largest absolute Gasteiger partial charge is 0.494 e. The maximum Gasteiger partial charge on any atom is 0.264 e. The van der Waals surface area contributed by atoms with Gasteiger partial charge in [0, 0.05) is 18.1 Å². The van der Waals surface area contributed by atoms with Gasteiger partial charge in [-0.15, -0.1) is 0 Å². The molecule has 3 aromatic carbocycles. The van der Waals surface area contributed by atoms with Gasteiger partial charge in [-0.3, -0.25) is 13.9 Å². The smallest absolute Gasteiger partial charge is 0.264 e. The quantitative estimate of drug-likeness (QED) is 0.308. The van der Waals surface area contributed by atoms with E-state index < -0.39 is 22.5 Å². The molecule has 0 aromatic heterocycles. The number of amides is 2. The lowest BCUT2D eigenvalue weighted by Gasteiger charge is -2.24. The predicted octanol–water partition coefficient (Wildman–Crippen LogP) is 4.06. The standard InChI is InChI=1S/C26H28BrN3O6S/c1-3-36-21-12-10-20(11-13-21)30(37(33,34)22-14-8-19(27)9-15-22)18-25(31)29-24-7-5-4-6-23(24)26(32)28-16-17-35-2/h4-15H,3,16-18H2,1-2H3,(H,28,32)(H,29,31). The van der Waals surface area contributed by atoms with Crippen molar-refractivity contribution in [1.29, 1.82) is 0 Å². The van der Waals surface area contributed by atoms with Crippen LogP contribution in [0.15, 0.2) is 82.2 Å². The Morgan fingerprint density at radius 1 is 0.973 bits per heavy atom. The second kappa shape index (κ2) is 13.2. The topological polar surface area (TPSA) is 114 Å². The molecule has 0 radical (unpaired) electrons. The molecule has 0 bridgehead atoms. The minimum atomic E-state index is -4.11. The van der Waals surface area contributed by atoms with E-state index in [1.54, 1.807) is 60.7 Å². The number of para-hydroxylation sites is 1. The maximum atomic E-state index is 13.6. The van der Waals surface area contributed by atoms with Crippen LogP contribution in [0.2, 0.25) is 0 Å². The minimum absolute atomic E-state index is 0.0234. The van der Waals surface area contributed by atoms with Crippen LogP contribution in [0.25, 0.3) is 0 Å². The lowest BCUT2D eigenvalue weighted by atomic mass is 10.1. The predicted molar refractivity (Wildman–Crippen MR) is 146 cm³/mol. The number of nitrogens with zero attached hydrogens (tertiary/aromatic N) is 1. The summed E-state index contributed by atoms with van der Waals surface area (Å²) in [6, 6.07) is 19.1. The van der Waals surface area contributed by atoms with Crippen LogP contribution in [0.4, 0.5) is 11.4 Å². The molecule has 3 rings (SSSR count). The van der Waals surface area contributed by atoms with Crippen molar-refractivity contribution < 1.29 is 27.5 Å². The molecule has 9 nitrogen and oxygen atoms in total. The number of sulfonamides is 1. The first kappa shape index (κ1) is 28.2. The molecule has 2 N–H and O–H groups in total. The Kier molecular flexibility index (Phi) is 10.1. The Bertz CT molecular complexity index is 1310. The lowest BCUT2D eigenvalue weighted by Crippen LogP contribution is -2.38. The monoisotopic (exact) mass is 589 g/mol. The summed E-state index contributed by atoms with van der Waals surface area (Å²) < 4.78 is 39.3. The molecule has 0 heterocycles. The van der Waals surface area contributed by atoms with Crippen LogP contribution in [-0.2, 0) is 19.6 Å². The van der Waals surface area contributed by atoms with Crippen LogP contribution in [0.3, 0.4) is 0 Å². The number of hydrogen-bond donors (Lipinski definition) is 2. The molecule has 0 saturated carbocycles. The van der Waals surface area contributed by atoms with Gasteiger partial charge in [0.2, 0.25) is 5.91 Å². The van der Waals surface area contributed by atoms with Gasteiger partial charge in [0.05, 0.1) is 35.0 Å². The van der Waals surface area contributed by atoms with E-state index in [1.807, 2.05) is 6.92 Å². The molecule has 0 unspecified atom stereocenters. The SMILES string of the molecule is CCOc1ccc(N(CC(=O)Nc2ccccc2C(=O)NCCOC)S(=O)(=O)c2ccc(Br)cc2)cc1. The third-order valence-electron chi connectivity index (χ3n) is 5.16. The van der Waals surface area contributed by atoms with Gasteiger partial charge in [0.15, 0.2) is 0 Å². The van der Waals surface area contributed by atoms with Crippen molar-refractivity contribution in [3.63, 3.8) is 0 Å². The van der Waals surface area contributed by atoms with Crippen molar-refractivity contribution in [2.45, 2.75) is 11.8 Å². The summed E-state index contributed by atoms with van der Waals surface area (Å²) in [6.45, 7) is 2.42. The number of methoxy groups -OCH3 is 1. The van der Waals surface area contributed by atoms with E-state index in [2.05, 4.69) is 26.6 Å². The fourth-order valence-electron chi connectivity index (χ4n) is 3.40. The zero-order chi connectivity index (χ0) is 26.8. The fraction of sp³-hybridized carbons (Fsp3) is 0.231.